The Balaban J connectivity index is 2.40. The maximum atomic E-state index is 8.64. The molecule has 14 heavy (non-hydrogen) atoms. The lowest BCUT2D eigenvalue weighted by Gasteiger charge is -1.99. The maximum Gasteiger partial charge on any atom is 0.0991 e. The summed E-state index contributed by atoms with van der Waals surface area (Å²) in [6.45, 7) is 0. The molecule has 0 unspecified atom stereocenters. The number of hydrogen-bond donors (Lipinski definition) is 0. The molecule has 0 N–H and O–H groups in total. The molecule has 2 nitrogen and oxygen atoms in total. The second-order valence-corrected chi connectivity index (χ2v) is 2.93. The van der Waals surface area contributed by atoms with E-state index in [0.717, 1.165) is 11.1 Å². The van der Waals surface area contributed by atoms with Crippen molar-refractivity contribution in [3.05, 3.63) is 54.4 Å². The van der Waals surface area contributed by atoms with Crippen molar-refractivity contribution in [1.82, 2.24) is 4.98 Å². The van der Waals surface area contributed by atoms with Gasteiger partial charge in [-0.25, -0.2) is 0 Å². The first-order chi connectivity index (χ1) is 6.90. The highest BCUT2D eigenvalue weighted by Gasteiger charge is 1.96. The number of aromatic nitrogens is 1. The fraction of sp³-hybridized carbons (Fsp3) is 0. The SMILES string of the molecule is N#Cc1ccc(-c2cccnc2)cc1. The predicted octanol–water partition coefficient (Wildman–Crippen LogP) is 2.62. The summed E-state index contributed by atoms with van der Waals surface area (Å²) >= 11 is 0. The number of benzene rings is 1. The average Bonchev–Trinajstić information content (AvgIpc) is 2.30. The molecule has 2 rings (SSSR count). The molecule has 2 aromatic rings. The molecule has 0 aliphatic heterocycles. The molecular formula is C12H8N2. The smallest absolute Gasteiger partial charge is 0.0991 e. The van der Waals surface area contributed by atoms with E-state index in [-0.39, 0.29) is 0 Å². The second-order valence-electron chi connectivity index (χ2n) is 2.93. The van der Waals surface area contributed by atoms with Gasteiger partial charge in [0.05, 0.1) is 11.6 Å². The Kier molecular flexibility index (Phi) is 2.24. The van der Waals surface area contributed by atoms with Crippen LogP contribution in [0.5, 0.6) is 0 Å². The zero-order valence-corrected chi connectivity index (χ0v) is 7.51. The minimum absolute atomic E-state index is 0.678. The molecule has 1 heterocycles. The van der Waals surface area contributed by atoms with E-state index >= 15 is 0 Å². The zero-order valence-electron chi connectivity index (χ0n) is 7.51. The molecule has 0 bridgehead atoms. The van der Waals surface area contributed by atoms with Crippen molar-refractivity contribution >= 4 is 0 Å². The Hall–Kier alpha value is -2.14. The van der Waals surface area contributed by atoms with Gasteiger partial charge in [0, 0.05) is 12.4 Å². The molecule has 0 atom stereocenters. The van der Waals surface area contributed by atoms with Crippen LogP contribution >= 0.6 is 0 Å². The van der Waals surface area contributed by atoms with E-state index in [4.69, 9.17) is 5.26 Å². The number of pyridine rings is 1. The molecule has 0 radical (unpaired) electrons. The van der Waals surface area contributed by atoms with Crippen LogP contribution in [0.3, 0.4) is 0 Å². The van der Waals surface area contributed by atoms with Gasteiger partial charge in [-0.3, -0.25) is 4.98 Å². The van der Waals surface area contributed by atoms with Crippen molar-refractivity contribution in [3.8, 4) is 17.2 Å². The summed E-state index contributed by atoms with van der Waals surface area (Å²) in [6, 6.07) is 13.4. The van der Waals surface area contributed by atoms with Crippen LogP contribution in [0.25, 0.3) is 11.1 Å². The Bertz CT molecular complexity index is 452. The first-order valence-corrected chi connectivity index (χ1v) is 4.31. The normalized spacial score (nSPS) is 9.36. The molecule has 1 aromatic carbocycles. The fourth-order valence-electron chi connectivity index (χ4n) is 1.27. The van der Waals surface area contributed by atoms with Crippen molar-refractivity contribution in [2.45, 2.75) is 0 Å². The molecule has 66 valence electrons. The molecule has 2 heteroatoms. The van der Waals surface area contributed by atoms with E-state index in [0.29, 0.717) is 5.56 Å². The first-order valence-electron chi connectivity index (χ1n) is 4.31. The molecule has 0 saturated carbocycles. The third kappa shape index (κ3) is 1.62. The van der Waals surface area contributed by atoms with Gasteiger partial charge in [-0.05, 0) is 29.3 Å². The first kappa shape index (κ1) is 8.46. The summed E-state index contributed by atoms with van der Waals surface area (Å²) in [5.74, 6) is 0. The van der Waals surface area contributed by atoms with E-state index < -0.39 is 0 Å². The highest BCUT2D eigenvalue weighted by atomic mass is 14.6. The largest absolute Gasteiger partial charge is 0.264 e. The standard InChI is InChI=1S/C12H8N2/c13-8-10-3-5-11(6-4-10)12-2-1-7-14-9-12/h1-7,9H. The maximum absolute atomic E-state index is 8.64. The van der Waals surface area contributed by atoms with Crippen LogP contribution in [0.15, 0.2) is 48.8 Å². The molecule has 0 saturated heterocycles. The summed E-state index contributed by atoms with van der Waals surface area (Å²) in [6.07, 6.45) is 3.55. The predicted molar refractivity (Wildman–Crippen MR) is 54.4 cm³/mol. The van der Waals surface area contributed by atoms with Crippen LogP contribution in [0.4, 0.5) is 0 Å². The van der Waals surface area contributed by atoms with E-state index in [1.165, 1.54) is 0 Å². The van der Waals surface area contributed by atoms with Gasteiger partial charge in [0.15, 0.2) is 0 Å². The lowest BCUT2D eigenvalue weighted by molar-refractivity contribution is 1.33. The zero-order chi connectivity index (χ0) is 9.80. The fourth-order valence-corrected chi connectivity index (χ4v) is 1.27. The van der Waals surface area contributed by atoms with Crippen molar-refractivity contribution in [2.75, 3.05) is 0 Å². The van der Waals surface area contributed by atoms with Crippen LogP contribution in [0, 0.1) is 11.3 Å². The third-order valence-corrected chi connectivity index (χ3v) is 2.01. The van der Waals surface area contributed by atoms with Gasteiger partial charge < -0.3 is 0 Å². The Labute approximate surface area is 82.5 Å². The van der Waals surface area contributed by atoms with Crippen molar-refractivity contribution in [3.63, 3.8) is 0 Å². The minimum atomic E-state index is 0.678. The molecule has 0 amide bonds. The number of nitriles is 1. The molecular weight excluding hydrogens is 172 g/mol. The van der Waals surface area contributed by atoms with Crippen LogP contribution < -0.4 is 0 Å². The van der Waals surface area contributed by atoms with Crippen molar-refractivity contribution < 1.29 is 0 Å². The summed E-state index contributed by atoms with van der Waals surface area (Å²) in [5.41, 5.74) is 2.83. The van der Waals surface area contributed by atoms with Crippen LogP contribution in [-0.4, -0.2) is 4.98 Å². The minimum Gasteiger partial charge on any atom is -0.264 e. The molecule has 1 aromatic heterocycles. The highest BCUT2D eigenvalue weighted by Crippen LogP contribution is 2.17. The number of rotatable bonds is 1. The van der Waals surface area contributed by atoms with E-state index in [1.54, 1.807) is 12.4 Å². The molecule has 0 aliphatic carbocycles. The Morgan fingerprint density at radius 2 is 1.79 bits per heavy atom. The molecule has 0 aliphatic rings. The van der Waals surface area contributed by atoms with Crippen LogP contribution in [0.1, 0.15) is 5.56 Å². The van der Waals surface area contributed by atoms with Crippen molar-refractivity contribution in [1.29, 1.82) is 5.26 Å². The van der Waals surface area contributed by atoms with Gasteiger partial charge in [-0.1, -0.05) is 18.2 Å². The van der Waals surface area contributed by atoms with Gasteiger partial charge in [0.25, 0.3) is 0 Å². The van der Waals surface area contributed by atoms with Gasteiger partial charge in [-0.15, -0.1) is 0 Å². The third-order valence-electron chi connectivity index (χ3n) is 2.01. The van der Waals surface area contributed by atoms with Crippen molar-refractivity contribution in [2.24, 2.45) is 0 Å². The highest BCUT2D eigenvalue weighted by molar-refractivity contribution is 5.62. The monoisotopic (exact) mass is 180 g/mol. The van der Waals surface area contributed by atoms with Gasteiger partial charge >= 0.3 is 0 Å². The molecule has 0 fully saturated rings. The number of nitrogens with zero attached hydrogens (tertiary/aromatic N) is 2. The molecule has 0 spiro atoms. The number of hydrogen-bond acceptors (Lipinski definition) is 2. The van der Waals surface area contributed by atoms with E-state index in [1.807, 2.05) is 36.4 Å². The average molecular weight is 180 g/mol. The van der Waals surface area contributed by atoms with E-state index in [2.05, 4.69) is 11.1 Å². The van der Waals surface area contributed by atoms with Crippen LogP contribution in [-0.2, 0) is 0 Å². The Morgan fingerprint density at radius 1 is 1.00 bits per heavy atom. The second kappa shape index (κ2) is 3.71. The van der Waals surface area contributed by atoms with Crippen LogP contribution in [0.2, 0.25) is 0 Å². The Morgan fingerprint density at radius 3 is 2.36 bits per heavy atom. The topological polar surface area (TPSA) is 36.7 Å². The summed E-state index contributed by atoms with van der Waals surface area (Å²) in [5, 5.41) is 8.64. The van der Waals surface area contributed by atoms with Gasteiger partial charge in [-0.2, -0.15) is 5.26 Å². The van der Waals surface area contributed by atoms with Gasteiger partial charge in [0.1, 0.15) is 0 Å². The summed E-state index contributed by atoms with van der Waals surface area (Å²) in [4.78, 5) is 4.04. The summed E-state index contributed by atoms with van der Waals surface area (Å²) < 4.78 is 0. The lowest BCUT2D eigenvalue weighted by Crippen LogP contribution is -1.79. The lowest BCUT2D eigenvalue weighted by atomic mass is 10.1. The quantitative estimate of drug-likeness (QED) is 0.676. The van der Waals surface area contributed by atoms with Gasteiger partial charge in [0.2, 0.25) is 0 Å². The van der Waals surface area contributed by atoms with E-state index in [9.17, 15) is 0 Å². The summed E-state index contributed by atoms with van der Waals surface area (Å²) in [7, 11) is 0.